The highest BCUT2D eigenvalue weighted by atomic mass is 32.1. The van der Waals surface area contributed by atoms with Gasteiger partial charge in [-0.05, 0) is 48.8 Å². The third kappa shape index (κ3) is 5.04. The van der Waals surface area contributed by atoms with Gasteiger partial charge in [0.1, 0.15) is 6.54 Å². The van der Waals surface area contributed by atoms with E-state index in [2.05, 4.69) is 35.8 Å². The molecule has 2 aromatic rings. The zero-order valence-corrected chi connectivity index (χ0v) is 19.1. The van der Waals surface area contributed by atoms with Gasteiger partial charge in [-0.3, -0.25) is 4.79 Å². The van der Waals surface area contributed by atoms with Gasteiger partial charge in [-0.15, -0.1) is 11.3 Å². The van der Waals surface area contributed by atoms with Crippen molar-refractivity contribution >= 4 is 23.3 Å². The summed E-state index contributed by atoms with van der Waals surface area (Å²) in [4.78, 5) is 31.3. The van der Waals surface area contributed by atoms with Gasteiger partial charge in [0, 0.05) is 24.0 Å². The van der Waals surface area contributed by atoms with Crippen molar-refractivity contribution in [2.45, 2.75) is 58.5 Å². The molecule has 1 aliphatic heterocycles. The van der Waals surface area contributed by atoms with E-state index in [1.165, 1.54) is 10.4 Å². The van der Waals surface area contributed by atoms with E-state index in [0.717, 1.165) is 31.2 Å². The van der Waals surface area contributed by atoms with Crippen LogP contribution in [0, 0.1) is 0 Å². The number of urea groups is 1. The van der Waals surface area contributed by atoms with Gasteiger partial charge in [0.2, 0.25) is 5.91 Å². The van der Waals surface area contributed by atoms with Crippen LogP contribution in [0.2, 0.25) is 0 Å². The number of thiophene rings is 1. The predicted molar refractivity (Wildman–Crippen MR) is 123 cm³/mol. The third-order valence-electron chi connectivity index (χ3n) is 5.90. The number of rotatable bonds is 8. The number of hydrogen-bond acceptors (Lipinski definition) is 3. The van der Waals surface area contributed by atoms with E-state index < -0.39 is 0 Å². The molecule has 30 heavy (non-hydrogen) atoms. The lowest BCUT2D eigenvalue weighted by molar-refractivity contribution is -0.134. The molecule has 0 radical (unpaired) electrons. The number of nitrogens with zero attached hydrogens (tertiary/aromatic N) is 2. The van der Waals surface area contributed by atoms with E-state index in [1.807, 2.05) is 36.9 Å². The number of hydrogen-bond donors (Lipinski definition) is 1. The number of amides is 3. The normalized spacial score (nSPS) is 16.6. The molecule has 0 bridgehead atoms. The third-order valence-corrected chi connectivity index (χ3v) is 6.89. The van der Waals surface area contributed by atoms with Crippen LogP contribution < -0.4 is 5.32 Å². The Morgan fingerprint density at radius 2 is 2.00 bits per heavy atom. The monoisotopic (exact) mass is 427 g/mol. The lowest BCUT2D eigenvalue weighted by atomic mass is 9.93. The molecular weight excluding hydrogens is 394 g/mol. The second-order valence-electron chi connectivity index (χ2n) is 7.92. The SMILES string of the molecule is CCCCNC(=O)N(CC(=O)N1CCc2sccc2[C@@H]1c1ccccc1)[C@H](C)CC. The van der Waals surface area contributed by atoms with Gasteiger partial charge in [0.05, 0.1) is 6.04 Å². The molecular formula is C24H33N3O2S. The van der Waals surface area contributed by atoms with Gasteiger partial charge in [-0.2, -0.15) is 0 Å². The lowest BCUT2D eigenvalue weighted by Crippen LogP contribution is -2.51. The molecule has 162 valence electrons. The molecule has 2 heterocycles. The van der Waals surface area contributed by atoms with Crippen molar-refractivity contribution in [3.8, 4) is 0 Å². The zero-order chi connectivity index (χ0) is 21.5. The first-order valence-corrected chi connectivity index (χ1v) is 11.9. The van der Waals surface area contributed by atoms with Crippen molar-refractivity contribution in [3.05, 3.63) is 57.8 Å². The van der Waals surface area contributed by atoms with Gasteiger partial charge in [0.15, 0.2) is 0 Å². The fourth-order valence-corrected chi connectivity index (χ4v) is 4.84. The summed E-state index contributed by atoms with van der Waals surface area (Å²) < 4.78 is 0. The minimum Gasteiger partial charge on any atom is -0.338 e. The molecule has 0 fully saturated rings. The molecule has 6 heteroatoms. The Morgan fingerprint density at radius 3 is 2.70 bits per heavy atom. The first-order valence-electron chi connectivity index (χ1n) is 11.0. The maximum Gasteiger partial charge on any atom is 0.318 e. The summed E-state index contributed by atoms with van der Waals surface area (Å²) in [5.74, 6) is 0.00615. The molecule has 1 aromatic carbocycles. The van der Waals surface area contributed by atoms with Crippen LogP contribution in [0.5, 0.6) is 0 Å². The molecule has 2 atom stereocenters. The Labute approximate surface area is 184 Å². The number of nitrogens with one attached hydrogen (secondary N) is 1. The van der Waals surface area contributed by atoms with Crippen molar-refractivity contribution < 1.29 is 9.59 Å². The van der Waals surface area contributed by atoms with Crippen LogP contribution >= 0.6 is 11.3 Å². The van der Waals surface area contributed by atoms with Crippen LogP contribution in [-0.2, 0) is 11.2 Å². The minimum absolute atomic E-state index is 0.00615. The van der Waals surface area contributed by atoms with Gasteiger partial charge >= 0.3 is 6.03 Å². The summed E-state index contributed by atoms with van der Waals surface area (Å²) in [6.45, 7) is 7.58. The topological polar surface area (TPSA) is 52.7 Å². The van der Waals surface area contributed by atoms with Crippen LogP contribution in [0.4, 0.5) is 4.79 Å². The summed E-state index contributed by atoms with van der Waals surface area (Å²) in [6.07, 6.45) is 3.65. The molecule has 0 unspecified atom stereocenters. The summed E-state index contributed by atoms with van der Waals surface area (Å²) in [5.41, 5.74) is 2.33. The number of fused-ring (bicyclic) bond motifs is 1. The molecule has 0 spiro atoms. The number of carbonyl (C=O) groups is 2. The summed E-state index contributed by atoms with van der Waals surface area (Å²) >= 11 is 1.76. The molecule has 3 amide bonds. The largest absolute Gasteiger partial charge is 0.338 e. The van der Waals surface area contributed by atoms with Gasteiger partial charge in [-0.1, -0.05) is 50.6 Å². The Kier molecular flexibility index (Phi) is 7.91. The van der Waals surface area contributed by atoms with Crippen LogP contribution in [0.1, 0.15) is 62.1 Å². The number of benzene rings is 1. The Balaban J connectivity index is 1.81. The van der Waals surface area contributed by atoms with Gasteiger partial charge in [-0.25, -0.2) is 4.79 Å². The Morgan fingerprint density at radius 1 is 1.23 bits per heavy atom. The first-order chi connectivity index (χ1) is 14.6. The molecule has 1 aliphatic rings. The Hall–Kier alpha value is -2.34. The quantitative estimate of drug-likeness (QED) is 0.613. The second kappa shape index (κ2) is 10.6. The maximum atomic E-state index is 13.5. The molecule has 0 saturated carbocycles. The highest BCUT2D eigenvalue weighted by molar-refractivity contribution is 7.10. The van der Waals surface area contributed by atoms with E-state index in [0.29, 0.717) is 13.1 Å². The first kappa shape index (κ1) is 22.3. The fourth-order valence-electron chi connectivity index (χ4n) is 3.94. The van der Waals surface area contributed by atoms with Crippen molar-refractivity contribution in [1.29, 1.82) is 0 Å². The zero-order valence-electron chi connectivity index (χ0n) is 18.3. The van der Waals surface area contributed by atoms with Crippen LogP contribution in [0.15, 0.2) is 41.8 Å². The van der Waals surface area contributed by atoms with Gasteiger partial charge in [0.25, 0.3) is 0 Å². The highest BCUT2D eigenvalue weighted by Crippen LogP contribution is 2.37. The minimum atomic E-state index is -0.143. The molecule has 3 rings (SSSR count). The summed E-state index contributed by atoms with van der Waals surface area (Å²) in [7, 11) is 0. The number of unbranched alkanes of at least 4 members (excludes halogenated alkanes) is 1. The lowest BCUT2D eigenvalue weighted by Gasteiger charge is -2.38. The van der Waals surface area contributed by atoms with E-state index in [9.17, 15) is 9.59 Å². The summed E-state index contributed by atoms with van der Waals surface area (Å²) in [5, 5.41) is 5.09. The average molecular weight is 428 g/mol. The van der Waals surface area contributed by atoms with Crippen molar-refractivity contribution in [1.82, 2.24) is 15.1 Å². The van der Waals surface area contributed by atoms with Crippen LogP contribution in [-0.4, -0.2) is 47.4 Å². The molecule has 5 nitrogen and oxygen atoms in total. The van der Waals surface area contributed by atoms with E-state index in [-0.39, 0.29) is 30.6 Å². The van der Waals surface area contributed by atoms with Crippen LogP contribution in [0.25, 0.3) is 0 Å². The van der Waals surface area contributed by atoms with Crippen molar-refractivity contribution in [2.24, 2.45) is 0 Å². The predicted octanol–water partition coefficient (Wildman–Crippen LogP) is 4.83. The summed E-state index contributed by atoms with van der Waals surface area (Å²) in [6, 6.07) is 12.1. The highest BCUT2D eigenvalue weighted by Gasteiger charge is 2.34. The fraction of sp³-hybridized carbons (Fsp3) is 0.500. The standard InChI is InChI=1S/C24H33N3O2S/c1-4-6-14-25-24(29)27(18(3)5-2)17-22(28)26-15-12-21-20(13-16-30-21)23(26)19-10-8-7-9-11-19/h7-11,13,16,18,23H,4-6,12,14-15,17H2,1-3H3,(H,25,29)/t18-,23+/m1/s1. The average Bonchev–Trinajstić information content (AvgIpc) is 3.25. The van der Waals surface area contributed by atoms with E-state index in [4.69, 9.17) is 0 Å². The Bertz CT molecular complexity index is 836. The number of carbonyl (C=O) groups excluding carboxylic acids is 2. The molecule has 1 N–H and O–H groups in total. The molecule has 1 aromatic heterocycles. The van der Waals surface area contributed by atoms with Crippen molar-refractivity contribution in [2.75, 3.05) is 19.6 Å². The maximum absolute atomic E-state index is 13.5. The molecule has 0 saturated heterocycles. The van der Waals surface area contributed by atoms with Crippen LogP contribution in [0.3, 0.4) is 0 Å². The smallest absolute Gasteiger partial charge is 0.318 e. The molecule has 0 aliphatic carbocycles. The van der Waals surface area contributed by atoms with Gasteiger partial charge < -0.3 is 15.1 Å². The second-order valence-corrected chi connectivity index (χ2v) is 8.92. The van der Waals surface area contributed by atoms with Crippen molar-refractivity contribution in [3.63, 3.8) is 0 Å². The van der Waals surface area contributed by atoms with E-state index in [1.54, 1.807) is 16.2 Å². The van der Waals surface area contributed by atoms with E-state index >= 15 is 0 Å².